The summed E-state index contributed by atoms with van der Waals surface area (Å²) in [5, 5.41) is 2.84. The summed E-state index contributed by atoms with van der Waals surface area (Å²) in [4.78, 5) is 27.8. The van der Waals surface area contributed by atoms with Crippen molar-refractivity contribution in [3.8, 4) is 11.1 Å². The molecule has 3 aromatic rings. The zero-order valence-electron chi connectivity index (χ0n) is 13.2. The second-order valence-corrected chi connectivity index (χ2v) is 5.42. The number of nitrogens with zero attached hydrogens (tertiary/aromatic N) is 1. The number of amides is 1. The molecule has 4 heteroatoms. The van der Waals surface area contributed by atoms with E-state index in [0.717, 1.165) is 16.8 Å². The second kappa shape index (κ2) is 6.87. The minimum Gasteiger partial charge on any atom is -0.322 e. The number of hydrogen-bond acceptors (Lipinski definition) is 3. The normalized spacial score (nSPS) is 10.2. The Morgan fingerprint density at radius 2 is 1.54 bits per heavy atom. The molecule has 1 N–H and O–H groups in total. The number of hydrogen-bond donors (Lipinski definition) is 1. The average molecular weight is 316 g/mol. The van der Waals surface area contributed by atoms with E-state index >= 15 is 0 Å². The fraction of sp³-hybridized carbons (Fsp3) is 0.0500. The van der Waals surface area contributed by atoms with Gasteiger partial charge in [-0.15, -0.1) is 0 Å². The molecule has 0 aliphatic heterocycles. The first-order valence-electron chi connectivity index (χ1n) is 7.56. The zero-order valence-corrected chi connectivity index (χ0v) is 13.2. The number of nitrogens with one attached hydrogen (secondary N) is 1. The van der Waals surface area contributed by atoms with Crippen molar-refractivity contribution < 1.29 is 9.59 Å². The number of para-hydroxylation sites is 1. The van der Waals surface area contributed by atoms with Crippen molar-refractivity contribution in [3.05, 3.63) is 84.2 Å². The van der Waals surface area contributed by atoms with Crippen LogP contribution in [0.3, 0.4) is 0 Å². The van der Waals surface area contributed by atoms with Gasteiger partial charge >= 0.3 is 0 Å². The van der Waals surface area contributed by atoms with Crippen LogP contribution >= 0.6 is 0 Å². The van der Waals surface area contributed by atoms with Crippen LogP contribution in [0.1, 0.15) is 27.6 Å². The fourth-order valence-electron chi connectivity index (χ4n) is 2.34. The monoisotopic (exact) mass is 316 g/mol. The van der Waals surface area contributed by atoms with Crippen LogP contribution in [0.5, 0.6) is 0 Å². The Kier molecular flexibility index (Phi) is 4.47. The van der Waals surface area contributed by atoms with Crippen molar-refractivity contribution in [1.29, 1.82) is 0 Å². The Bertz CT molecular complexity index is 872. The number of carbonyl (C=O) groups is 2. The summed E-state index contributed by atoms with van der Waals surface area (Å²) in [6, 6.07) is 18.3. The lowest BCUT2D eigenvalue weighted by molar-refractivity contribution is 0.101. The second-order valence-electron chi connectivity index (χ2n) is 5.42. The summed E-state index contributed by atoms with van der Waals surface area (Å²) in [6.45, 7) is 1.53. The van der Waals surface area contributed by atoms with Gasteiger partial charge in [-0.25, -0.2) is 0 Å². The first-order valence-corrected chi connectivity index (χ1v) is 7.56. The molecule has 0 spiro atoms. The number of benzene rings is 2. The van der Waals surface area contributed by atoms with Crippen molar-refractivity contribution >= 4 is 17.4 Å². The van der Waals surface area contributed by atoms with Gasteiger partial charge in [0.1, 0.15) is 0 Å². The molecular weight excluding hydrogens is 300 g/mol. The zero-order chi connectivity index (χ0) is 16.9. The molecule has 0 saturated carbocycles. The average Bonchev–Trinajstić information content (AvgIpc) is 2.63. The molecular formula is C20H16N2O2. The van der Waals surface area contributed by atoms with E-state index in [9.17, 15) is 9.59 Å². The minimum absolute atomic E-state index is 0.0238. The number of rotatable bonds is 4. The maximum absolute atomic E-state index is 12.3. The van der Waals surface area contributed by atoms with Gasteiger partial charge in [-0.2, -0.15) is 0 Å². The van der Waals surface area contributed by atoms with Gasteiger partial charge in [0, 0.05) is 29.2 Å². The van der Waals surface area contributed by atoms with E-state index in [0.29, 0.717) is 11.1 Å². The van der Waals surface area contributed by atoms with Crippen LogP contribution in [0, 0.1) is 0 Å². The number of aromatic nitrogens is 1. The van der Waals surface area contributed by atoms with Gasteiger partial charge in [-0.1, -0.05) is 42.5 Å². The maximum atomic E-state index is 12.3. The molecule has 0 radical (unpaired) electrons. The Morgan fingerprint density at radius 3 is 2.21 bits per heavy atom. The lowest BCUT2D eigenvalue weighted by Crippen LogP contribution is -2.12. The molecule has 24 heavy (non-hydrogen) atoms. The van der Waals surface area contributed by atoms with E-state index in [2.05, 4.69) is 10.3 Å². The van der Waals surface area contributed by atoms with E-state index in [1.54, 1.807) is 24.4 Å². The molecule has 1 aromatic heterocycles. The maximum Gasteiger partial charge on any atom is 0.257 e. The summed E-state index contributed by atoms with van der Waals surface area (Å²) >= 11 is 0. The third-order valence-corrected chi connectivity index (χ3v) is 3.66. The number of ketones is 1. The molecule has 2 aromatic carbocycles. The summed E-state index contributed by atoms with van der Waals surface area (Å²) in [5.41, 5.74) is 3.60. The highest BCUT2D eigenvalue weighted by Crippen LogP contribution is 2.21. The van der Waals surface area contributed by atoms with Gasteiger partial charge in [-0.3, -0.25) is 14.6 Å². The molecule has 0 aliphatic rings. The Hall–Kier alpha value is -3.27. The van der Waals surface area contributed by atoms with Gasteiger partial charge in [0.25, 0.3) is 5.91 Å². The van der Waals surface area contributed by atoms with Crippen LogP contribution in [0.25, 0.3) is 11.1 Å². The predicted octanol–water partition coefficient (Wildman–Crippen LogP) is 4.20. The largest absolute Gasteiger partial charge is 0.322 e. The van der Waals surface area contributed by atoms with Crippen molar-refractivity contribution in [1.82, 2.24) is 4.98 Å². The van der Waals surface area contributed by atoms with Crippen LogP contribution in [0.4, 0.5) is 5.69 Å². The minimum atomic E-state index is -0.212. The number of pyridine rings is 1. The van der Waals surface area contributed by atoms with Crippen LogP contribution in [-0.2, 0) is 0 Å². The first kappa shape index (κ1) is 15.6. The number of carbonyl (C=O) groups excluding carboxylic acids is 2. The predicted molar refractivity (Wildman–Crippen MR) is 94.1 cm³/mol. The van der Waals surface area contributed by atoms with Gasteiger partial charge in [0.05, 0.1) is 5.56 Å². The van der Waals surface area contributed by atoms with Gasteiger partial charge in [0.15, 0.2) is 5.78 Å². The first-order chi connectivity index (χ1) is 11.6. The van der Waals surface area contributed by atoms with Crippen LogP contribution in [0.15, 0.2) is 73.1 Å². The fourth-order valence-corrected chi connectivity index (χ4v) is 2.34. The molecule has 1 heterocycles. The Morgan fingerprint density at radius 1 is 0.833 bits per heavy atom. The molecule has 0 unspecified atom stereocenters. The summed E-state index contributed by atoms with van der Waals surface area (Å²) in [5.74, 6) is -0.188. The van der Waals surface area contributed by atoms with Crippen molar-refractivity contribution in [2.75, 3.05) is 5.32 Å². The smallest absolute Gasteiger partial charge is 0.257 e. The van der Waals surface area contributed by atoms with Gasteiger partial charge in [-0.05, 0) is 30.7 Å². The van der Waals surface area contributed by atoms with E-state index < -0.39 is 0 Å². The van der Waals surface area contributed by atoms with E-state index in [1.165, 1.54) is 13.1 Å². The standard InChI is InChI=1S/C20H16N2O2/c1-14(23)15-7-9-16(10-8-15)17-11-18(13-21-12-17)20(24)22-19-5-3-2-4-6-19/h2-13H,1H3,(H,22,24). The quantitative estimate of drug-likeness (QED) is 0.734. The Labute approximate surface area is 140 Å². The topological polar surface area (TPSA) is 59.1 Å². The van der Waals surface area contributed by atoms with Crippen LogP contribution in [-0.4, -0.2) is 16.7 Å². The van der Waals surface area contributed by atoms with Crippen molar-refractivity contribution in [3.63, 3.8) is 0 Å². The van der Waals surface area contributed by atoms with E-state index in [4.69, 9.17) is 0 Å². The highest BCUT2D eigenvalue weighted by Gasteiger charge is 2.09. The van der Waals surface area contributed by atoms with Gasteiger partial charge in [0.2, 0.25) is 0 Å². The molecule has 118 valence electrons. The summed E-state index contributed by atoms with van der Waals surface area (Å²) in [6.07, 6.45) is 3.23. The summed E-state index contributed by atoms with van der Waals surface area (Å²) < 4.78 is 0. The van der Waals surface area contributed by atoms with Crippen LogP contribution < -0.4 is 5.32 Å². The third-order valence-electron chi connectivity index (χ3n) is 3.66. The molecule has 3 rings (SSSR count). The molecule has 0 saturated heterocycles. The van der Waals surface area contributed by atoms with Gasteiger partial charge < -0.3 is 5.32 Å². The SMILES string of the molecule is CC(=O)c1ccc(-c2cncc(C(=O)Nc3ccccc3)c2)cc1. The molecule has 0 bridgehead atoms. The molecule has 0 atom stereocenters. The Balaban J connectivity index is 1.83. The lowest BCUT2D eigenvalue weighted by Gasteiger charge is -2.07. The van der Waals surface area contributed by atoms with Crippen LogP contribution in [0.2, 0.25) is 0 Å². The molecule has 1 amide bonds. The highest BCUT2D eigenvalue weighted by molar-refractivity contribution is 6.04. The molecule has 0 fully saturated rings. The van der Waals surface area contributed by atoms with Crippen molar-refractivity contribution in [2.24, 2.45) is 0 Å². The number of anilines is 1. The van der Waals surface area contributed by atoms with E-state index in [1.807, 2.05) is 42.5 Å². The summed E-state index contributed by atoms with van der Waals surface area (Å²) in [7, 11) is 0. The lowest BCUT2D eigenvalue weighted by atomic mass is 10.0. The number of Topliss-reactive ketones (excluding diaryl/α,β-unsaturated/α-hetero) is 1. The molecule has 0 aliphatic carbocycles. The third kappa shape index (κ3) is 3.55. The highest BCUT2D eigenvalue weighted by atomic mass is 16.1. The van der Waals surface area contributed by atoms with Crippen molar-refractivity contribution in [2.45, 2.75) is 6.92 Å². The molecule has 4 nitrogen and oxygen atoms in total. The van der Waals surface area contributed by atoms with E-state index in [-0.39, 0.29) is 11.7 Å².